The van der Waals surface area contributed by atoms with Crippen LogP contribution in [0.2, 0.25) is 5.02 Å². The van der Waals surface area contributed by atoms with Crippen LogP contribution >= 0.6 is 11.6 Å². The first-order chi connectivity index (χ1) is 13.2. The Morgan fingerprint density at radius 3 is 2.70 bits per heavy atom. The lowest BCUT2D eigenvalue weighted by molar-refractivity contribution is -0.118. The lowest BCUT2D eigenvalue weighted by Gasteiger charge is -2.28. The lowest BCUT2D eigenvalue weighted by atomic mass is 10.1. The van der Waals surface area contributed by atoms with Gasteiger partial charge in [-0.3, -0.25) is 9.69 Å². The first-order valence-electron chi connectivity index (χ1n) is 9.36. The third-order valence-electron chi connectivity index (χ3n) is 5.16. The van der Waals surface area contributed by atoms with Crippen molar-refractivity contribution in [2.24, 2.45) is 0 Å². The third-order valence-corrected chi connectivity index (χ3v) is 5.49. The quantitative estimate of drug-likeness (QED) is 0.796. The molecule has 1 saturated carbocycles. The van der Waals surface area contributed by atoms with Crippen LogP contribution < -0.4 is 14.8 Å². The second kappa shape index (κ2) is 8.19. The van der Waals surface area contributed by atoms with Crippen molar-refractivity contribution in [3.63, 3.8) is 0 Å². The zero-order chi connectivity index (χ0) is 18.6. The number of rotatable bonds is 6. The van der Waals surface area contributed by atoms with Crippen molar-refractivity contribution < 1.29 is 14.3 Å². The van der Waals surface area contributed by atoms with Crippen LogP contribution in [0.5, 0.6) is 11.5 Å². The van der Waals surface area contributed by atoms with Crippen molar-refractivity contribution in [3.05, 3.63) is 53.1 Å². The van der Waals surface area contributed by atoms with Crippen LogP contribution in [-0.2, 0) is 11.3 Å². The Morgan fingerprint density at radius 2 is 1.89 bits per heavy atom. The van der Waals surface area contributed by atoms with Gasteiger partial charge < -0.3 is 14.8 Å². The van der Waals surface area contributed by atoms with E-state index in [0.717, 1.165) is 29.9 Å². The monoisotopic (exact) mass is 386 g/mol. The van der Waals surface area contributed by atoms with E-state index in [1.807, 2.05) is 36.4 Å². The average molecular weight is 387 g/mol. The van der Waals surface area contributed by atoms with Crippen molar-refractivity contribution in [1.82, 2.24) is 4.90 Å². The molecule has 1 aliphatic carbocycles. The summed E-state index contributed by atoms with van der Waals surface area (Å²) in [6.07, 6.45) is 4.69. The molecule has 1 fully saturated rings. The molecule has 2 aliphatic rings. The normalized spacial score (nSPS) is 16.1. The zero-order valence-electron chi connectivity index (χ0n) is 15.1. The molecule has 0 spiro atoms. The molecule has 142 valence electrons. The van der Waals surface area contributed by atoms with Crippen LogP contribution in [0.4, 0.5) is 5.69 Å². The number of nitrogens with zero attached hydrogens (tertiary/aromatic N) is 1. The fraction of sp³-hybridized carbons (Fsp3) is 0.381. The maximum atomic E-state index is 12.7. The molecule has 0 aromatic heterocycles. The van der Waals surface area contributed by atoms with Crippen LogP contribution in [0.3, 0.4) is 0 Å². The van der Waals surface area contributed by atoms with E-state index >= 15 is 0 Å². The molecule has 1 aliphatic heterocycles. The molecule has 0 saturated heterocycles. The second-order valence-electron chi connectivity index (χ2n) is 7.06. The van der Waals surface area contributed by atoms with E-state index in [2.05, 4.69) is 10.2 Å². The van der Waals surface area contributed by atoms with Gasteiger partial charge in [0.05, 0.1) is 17.3 Å². The summed E-state index contributed by atoms with van der Waals surface area (Å²) in [7, 11) is 0. The Bertz CT molecular complexity index is 821. The molecule has 0 radical (unpaired) electrons. The summed E-state index contributed by atoms with van der Waals surface area (Å²) in [5.41, 5.74) is 1.77. The Morgan fingerprint density at radius 1 is 1.11 bits per heavy atom. The number of benzene rings is 2. The number of para-hydroxylation sites is 1. The van der Waals surface area contributed by atoms with Crippen molar-refractivity contribution >= 4 is 23.2 Å². The molecule has 5 nitrogen and oxygen atoms in total. The maximum absolute atomic E-state index is 12.7. The zero-order valence-corrected chi connectivity index (χ0v) is 15.9. The molecular weight excluding hydrogens is 364 g/mol. The summed E-state index contributed by atoms with van der Waals surface area (Å²) in [6.45, 7) is 1.31. The van der Waals surface area contributed by atoms with E-state index in [9.17, 15) is 4.79 Å². The predicted octanol–water partition coefficient (Wildman–Crippen LogP) is 4.45. The molecule has 1 amide bonds. The van der Waals surface area contributed by atoms with Gasteiger partial charge in [0.2, 0.25) is 12.7 Å². The van der Waals surface area contributed by atoms with Gasteiger partial charge in [-0.1, -0.05) is 42.6 Å². The highest BCUT2D eigenvalue weighted by Gasteiger charge is 2.25. The highest BCUT2D eigenvalue weighted by atomic mass is 35.5. The molecule has 0 unspecified atom stereocenters. The van der Waals surface area contributed by atoms with Gasteiger partial charge in [-0.25, -0.2) is 0 Å². The maximum Gasteiger partial charge on any atom is 0.238 e. The minimum absolute atomic E-state index is 0.0456. The molecule has 2 aromatic carbocycles. The molecule has 0 bridgehead atoms. The minimum Gasteiger partial charge on any atom is -0.454 e. The van der Waals surface area contributed by atoms with Crippen LogP contribution in [0.1, 0.15) is 31.2 Å². The number of carbonyl (C=O) groups is 1. The number of anilines is 1. The smallest absolute Gasteiger partial charge is 0.238 e. The Labute approximate surface area is 164 Å². The first kappa shape index (κ1) is 18.1. The van der Waals surface area contributed by atoms with Gasteiger partial charge in [-0.15, -0.1) is 0 Å². The van der Waals surface area contributed by atoms with Crippen molar-refractivity contribution in [2.75, 3.05) is 18.7 Å². The van der Waals surface area contributed by atoms with Crippen LogP contribution in [0, 0.1) is 0 Å². The summed E-state index contributed by atoms with van der Waals surface area (Å²) < 4.78 is 10.9. The van der Waals surface area contributed by atoms with Crippen LogP contribution in [0.25, 0.3) is 0 Å². The summed E-state index contributed by atoms with van der Waals surface area (Å²) >= 11 is 6.16. The van der Waals surface area contributed by atoms with Gasteiger partial charge in [0, 0.05) is 12.6 Å². The minimum atomic E-state index is -0.0456. The molecule has 4 rings (SSSR count). The number of halogens is 1. The van der Waals surface area contributed by atoms with E-state index in [0.29, 0.717) is 29.8 Å². The van der Waals surface area contributed by atoms with Gasteiger partial charge in [-0.2, -0.15) is 0 Å². The third kappa shape index (κ3) is 4.37. The van der Waals surface area contributed by atoms with Gasteiger partial charge >= 0.3 is 0 Å². The SMILES string of the molecule is O=C(CN(Cc1ccc2c(c1)OCO2)C1CCCC1)Nc1ccccc1Cl. The molecule has 2 aromatic rings. The number of amides is 1. The number of nitrogens with one attached hydrogen (secondary N) is 1. The predicted molar refractivity (Wildman–Crippen MR) is 105 cm³/mol. The highest BCUT2D eigenvalue weighted by Crippen LogP contribution is 2.33. The van der Waals surface area contributed by atoms with Crippen LogP contribution in [-0.4, -0.2) is 30.2 Å². The Kier molecular flexibility index (Phi) is 5.50. The topological polar surface area (TPSA) is 50.8 Å². The number of ether oxygens (including phenoxy) is 2. The lowest BCUT2D eigenvalue weighted by Crippen LogP contribution is -2.39. The fourth-order valence-corrected chi connectivity index (χ4v) is 3.98. The molecule has 6 heteroatoms. The number of hydrogen-bond donors (Lipinski definition) is 1. The Hall–Kier alpha value is -2.24. The first-order valence-corrected chi connectivity index (χ1v) is 9.74. The van der Waals surface area contributed by atoms with Gasteiger partial charge in [-0.05, 0) is 42.7 Å². The highest BCUT2D eigenvalue weighted by molar-refractivity contribution is 6.33. The van der Waals surface area contributed by atoms with E-state index in [1.165, 1.54) is 12.8 Å². The summed E-state index contributed by atoms with van der Waals surface area (Å²) in [4.78, 5) is 14.9. The van der Waals surface area contributed by atoms with Crippen molar-refractivity contribution in [1.29, 1.82) is 0 Å². The molecule has 0 atom stereocenters. The Balaban J connectivity index is 1.46. The number of fused-ring (bicyclic) bond motifs is 1. The molecule has 27 heavy (non-hydrogen) atoms. The van der Waals surface area contributed by atoms with E-state index < -0.39 is 0 Å². The molecular formula is C21H23ClN2O3. The number of carbonyl (C=O) groups excluding carboxylic acids is 1. The average Bonchev–Trinajstić information content (AvgIpc) is 3.34. The number of hydrogen-bond acceptors (Lipinski definition) is 4. The molecule has 1 heterocycles. The fourth-order valence-electron chi connectivity index (χ4n) is 3.79. The van der Waals surface area contributed by atoms with Crippen molar-refractivity contribution in [3.8, 4) is 11.5 Å². The molecule has 1 N–H and O–H groups in total. The largest absolute Gasteiger partial charge is 0.454 e. The standard InChI is InChI=1S/C21H23ClN2O3/c22-17-7-3-4-8-18(17)23-21(25)13-24(16-5-1-2-6-16)12-15-9-10-19-20(11-15)27-14-26-19/h3-4,7-11,16H,1-2,5-6,12-14H2,(H,23,25). The summed E-state index contributed by atoms with van der Waals surface area (Å²) in [5.74, 6) is 1.51. The van der Waals surface area contributed by atoms with E-state index in [4.69, 9.17) is 21.1 Å². The van der Waals surface area contributed by atoms with Crippen LogP contribution in [0.15, 0.2) is 42.5 Å². The second-order valence-corrected chi connectivity index (χ2v) is 7.47. The van der Waals surface area contributed by atoms with Gasteiger partial charge in [0.1, 0.15) is 0 Å². The summed E-state index contributed by atoms with van der Waals surface area (Å²) in [6, 6.07) is 13.7. The van der Waals surface area contributed by atoms with E-state index in [-0.39, 0.29) is 12.7 Å². The summed E-state index contributed by atoms with van der Waals surface area (Å²) in [5, 5.41) is 3.48. The van der Waals surface area contributed by atoms with Crippen molar-refractivity contribution in [2.45, 2.75) is 38.3 Å². The van der Waals surface area contributed by atoms with Gasteiger partial charge in [0.15, 0.2) is 11.5 Å². The van der Waals surface area contributed by atoms with Gasteiger partial charge in [0.25, 0.3) is 0 Å². The van der Waals surface area contributed by atoms with E-state index in [1.54, 1.807) is 6.07 Å².